The number of aliphatic hydroxyl groups excluding tert-OH is 1. The largest absolute Gasteiger partial charge is 0.460 e. The van der Waals surface area contributed by atoms with Gasteiger partial charge in [-0.05, 0) is 107 Å². The highest BCUT2D eigenvalue weighted by molar-refractivity contribution is 5.94. The summed E-state index contributed by atoms with van der Waals surface area (Å²) in [6, 6.07) is 9.65. The van der Waals surface area contributed by atoms with E-state index in [4.69, 9.17) is 4.74 Å². The third kappa shape index (κ3) is 4.64. The van der Waals surface area contributed by atoms with Crippen molar-refractivity contribution < 1.29 is 19.4 Å². The SMILES string of the molecule is CC(=O)O[C@H]1[C@H](N(C)C(=O)c2ccccc2)CC[C@]2(C)[C@H]3CC[C@@]4(C)[C@@H]([C@H](C)N(C)C)[C@@H](O)C[C@H]4[C@@H]3CC[C@@H]12. The number of benzene rings is 1. The molecular formula is C33H50N2O4. The molecule has 4 aliphatic carbocycles. The summed E-state index contributed by atoms with van der Waals surface area (Å²) in [4.78, 5) is 30.0. The Hall–Kier alpha value is -1.92. The lowest BCUT2D eigenvalue weighted by Gasteiger charge is -2.63. The zero-order valence-electron chi connectivity index (χ0n) is 25.1. The molecule has 0 bridgehead atoms. The van der Waals surface area contributed by atoms with Gasteiger partial charge in [-0.2, -0.15) is 0 Å². The van der Waals surface area contributed by atoms with E-state index in [1.54, 1.807) is 0 Å². The Morgan fingerprint density at radius 1 is 0.949 bits per heavy atom. The number of hydrogen-bond donors (Lipinski definition) is 1. The minimum atomic E-state index is -0.288. The van der Waals surface area contributed by atoms with Crippen LogP contribution in [0.3, 0.4) is 0 Å². The van der Waals surface area contributed by atoms with Gasteiger partial charge in [0.2, 0.25) is 0 Å². The van der Waals surface area contributed by atoms with E-state index in [-0.39, 0.29) is 46.9 Å². The van der Waals surface area contributed by atoms with Crippen LogP contribution < -0.4 is 0 Å². The number of rotatable bonds is 5. The molecule has 1 aromatic rings. The van der Waals surface area contributed by atoms with E-state index in [2.05, 4.69) is 39.8 Å². The van der Waals surface area contributed by atoms with Gasteiger partial charge in [-0.3, -0.25) is 9.59 Å². The Morgan fingerprint density at radius 2 is 1.62 bits per heavy atom. The Bertz CT molecular complexity index is 1060. The molecule has 4 aliphatic rings. The molecule has 4 fully saturated rings. The lowest BCUT2D eigenvalue weighted by atomic mass is 9.44. The highest BCUT2D eigenvalue weighted by Crippen LogP contribution is 2.68. The normalized spacial score (nSPS) is 42.2. The molecule has 0 spiro atoms. The zero-order chi connectivity index (χ0) is 28.3. The van der Waals surface area contributed by atoms with Crippen LogP contribution in [-0.2, 0) is 9.53 Å². The summed E-state index contributed by atoms with van der Waals surface area (Å²) in [6.07, 6.45) is 6.70. The Labute approximate surface area is 235 Å². The minimum Gasteiger partial charge on any atom is -0.460 e. The van der Waals surface area contributed by atoms with Gasteiger partial charge in [-0.25, -0.2) is 0 Å². The van der Waals surface area contributed by atoms with Crippen molar-refractivity contribution in [2.24, 2.45) is 40.4 Å². The molecule has 39 heavy (non-hydrogen) atoms. The highest BCUT2D eigenvalue weighted by atomic mass is 16.5. The number of likely N-dealkylation sites (N-methyl/N-ethyl adjacent to an activating group) is 1. The van der Waals surface area contributed by atoms with E-state index in [9.17, 15) is 14.7 Å². The first-order chi connectivity index (χ1) is 18.4. The summed E-state index contributed by atoms with van der Waals surface area (Å²) in [6.45, 7) is 8.70. The average molecular weight is 539 g/mol. The maximum absolute atomic E-state index is 13.4. The number of fused-ring (bicyclic) bond motifs is 5. The van der Waals surface area contributed by atoms with Crippen LogP contribution in [-0.4, -0.2) is 72.2 Å². The van der Waals surface area contributed by atoms with Crippen LogP contribution in [0.1, 0.15) is 83.0 Å². The lowest BCUT2D eigenvalue weighted by molar-refractivity contribution is -0.185. The molecule has 0 radical (unpaired) electrons. The summed E-state index contributed by atoms with van der Waals surface area (Å²) in [5.74, 6) is 1.95. The number of carbonyl (C=O) groups is 2. The zero-order valence-corrected chi connectivity index (χ0v) is 25.1. The highest BCUT2D eigenvalue weighted by Gasteiger charge is 2.64. The van der Waals surface area contributed by atoms with Crippen LogP contribution in [0.15, 0.2) is 30.3 Å². The van der Waals surface area contributed by atoms with E-state index >= 15 is 0 Å². The average Bonchev–Trinajstić information content (AvgIpc) is 3.17. The molecule has 0 aromatic heterocycles. The van der Waals surface area contributed by atoms with Gasteiger partial charge < -0.3 is 19.6 Å². The Morgan fingerprint density at radius 3 is 2.26 bits per heavy atom. The van der Waals surface area contributed by atoms with E-state index in [1.807, 2.05) is 42.3 Å². The first-order valence-corrected chi connectivity index (χ1v) is 15.2. The number of esters is 1. The minimum absolute atomic E-state index is 0.00975. The van der Waals surface area contributed by atoms with Gasteiger partial charge in [0.05, 0.1) is 12.1 Å². The maximum Gasteiger partial charge on any atom is 0.302 e. The third-order valence-corrected chi connectivity index (χ3v) is 12.3. The van der Waals surface area contributed by atoms with Crippen molar-refractivity contribution in [2.45, 2.75) is 96.9 Å². The number of nitrogens with zero attached hydrogens (tertiary/aromatic N) is 2. The molecule has 0 saturated heterocycles. The van der Waals surface area contributed by atoms with Gasteiger partial charge in [0, 0.05) is 37.4 Å². The summed E-state index contributed by atoms with van der Waals surface area (Å²) in [5.41, 5.74) is 0.891. The molecule has 1 N–H and O–H groups in total. The standard InChI is InChI=1S/C33H50N2O4/c1-20(34(5)6)29-28(37)19-26-23-13-14-25-30(39-21(2)36)27(35(7)31(38)22-11-9-8-10-12-22)16-18-32(25,3)24(23)15-17-33(26,29)4/h8-12,20,23-30,37H,13-19H2,1-7H3/t20-,23+,24-,25-,26-,27+,28-,29-,30+,32+,33+/m0/s1. The monoisotopic (exact) mass is 538 g/mol. The number of aliphatic hydroxyl groups is 1. The summed E-state index contributed by atoms with van der Waals surface area (Å²) < 4.78 is 6.15. The van der Waals surface area contributed by atoms with Crippen LogP contribution in [0.25, 0.3) is 0 Å². The van der Waals surface area contributed by atoms with Crippen molar-refractivity contribution in [1.82, 2.24) is 9.80 Å². The third-order valence-electron chi connectivity index (χ3n) is 12.3. The molecule has 6 heteroatoms. The second-order valence-corrected chi connectivity index (χ2v) is 14.1. The molecule has 4 saturated carbocycles. The molecule has 11 atom stereocenters. The van der Waals surface area contributed by atoms with Crippen molar-refractivity contribution in [3.8, 4) is 0 Å². The number of amides is 1. The van der Waals surface area contributed by atoms with Crippen molar-refractivity contribution in [1.29, 1.82) is 0 Å². The summed E-state index contributed by atoms with van der Waals surface area (Å²) >= 11 is 0. The molecular weight excluding hydrogens is 488 g/mol. The second kappa shape index (κ2) is 10.5. The molecule has 1 amide bonds. The number of ether oxygens (including phenoxy) is 1. The van der Waals surface area contributed by atoms with E-state index in [0.29, 0.717) is 35.3 Å². The van der Waals surface area contributed by atoms with Crippen LogP contribution in [0.5, 0.6) is 0 Å². The number of carbonyl (C=O) groups excluding carboxylic acids is 2. The van der Waals surface area contributed by atoms with Gasteiger partial charge in [-0.15, -0.1) is 0 Å². The van der Waals surface area contributed by atoms with E-state index < -0.39 is 0 Å². The van der Waals surface area contributed by atoms with E-state index in [1.165, 1.54) is 13.3 Å². The lowest BCUT2D eigenvalue weighted by Crippen LogP contribution is -2.62. The second-order valence-electron chi connectivity index (χ2n) is 14.1. The summed E-state index contributed by atoms with van der Waals surface area (Å²) in [7, 11) is 6.15. The van der Waals surface area contributed by atoms with Gasteiger partial charge in [0.25, 0.3) is 5.91 Å². The van der Waals surface area contributed by atoms with Crippen molar-refractivity contribution in [3.63, 3.8) is 0 Å². The van der Waals surface area contributed by atoms with E-state index in [0.717, 1.165) is 38.5 Å². The van der Waals surface area contributed by atoms with Crippen LogP contribution >= 0.6 is 0 Å². The Balaban J connectivity index is 1.41. The molecule has 0 unspecified atom stereocenters. The molecule has 5 rings (SSSR count). The van der Waals surface area contributed by atoms with Crippen LogP contribution in [0.4, 0.5) is 0 Å². The molecule has 0 aliphatic heterocycles. The molecule has 216 valence electrons. The fraction of sp³-hybridized carbons (Fsp3) is 0.758. The van der Waals surface area contributed by atoms with Gasteiger partial charge >= 0.3 is 5.97 Å². The topological polar surface area (TPSA) is 70.1 Å². The quantitative estimate of drug-likeness (QED) is 0.519. The summed E-state index contributed by atoms with van der Waals surface area (Å²) in [5, 5.41) is 11.4. The Kier molecular flexibility index (Phi) is 7.69. The fourth-order valence-corrected chi connectivity index (χ4v) is 10.2. The van der Waals surface area contributed by atoms with Crippen molar-refractivity contribution in [3.05, 3.63) is 35.9 Å². The first-order valence-electron chi connectivity index (χ1n) is 15.2. The maximum atomic E-state index is 13.4. The van der Waals surface area contributed by atoms with Gasteiger partial charge in [-0.1, -0.05) is 32.0 Å². The van der Waals surface area contributed by atoms with Crippen LogP contribution in [0, 0.1) is 40.4 Å². The first kappa shape index (κ1) is 28.6. The number of hydrogen-bond acceptors (Lipinski definition) is 5. The predicted octanol–water partition coefficient (Wildman–Crippen LogP) is 5.25. The molecule has 0 heterocycles. The van der Waals surface area contributed by atoms with Crippen molar-refractivity contribution in [2.75, 3.05) is 21.1 Å². The molecule has 6 nitrogen and oxygen atoms in total. The fourth-order valence-electron chi connectivity index (χ4n) is 10.2. The van der Waals surface area contributed by atoms with Gasteiger partial charge in [0.1, 0.15) is 6.10 Å². The van der Waals surface area contributed by atoms with Gasteiger partial charge in [0.15, 0.2) is 0 Å². The molecule has 1 aromatic carbocycles. The van der Waals surface area contributed by atoms with Crippen molar-refractivity contribution >= 4 is 11.9 Å². The predicted molar refractivity (Wildman–Crippen MR) is 153 cm³/mol. The van der Waals surface area contributed by atoms with Crippen LogP contribution in [0.2, 0.25) is 0 Å². The smallest absolute Gasteiger partial charge is 0.302 e.